The Morgan fingerprint density at radius 3 is 2.42 bits per heavy atom. The molecular formula is C20H21NO3. The number of anilines is 1. The quantitative estimate of drug-likeness (QED) is 0.883. The smallest absolute Gasteiger partial charge is 0.263 e. The average molecular weight is 323 g/mol. The van der Waals surface area contributed by atoms with Gasteiger partial charge in [-0.15, -0.1) is 0 Å². The highest BCUT2D eigenvalue weighted by molar-refractivity contribution is 6.10. The molecule has 0 unspecified atom stereocenters. The summed E-state index contributed by atoms with van der Waals surface area (Å²) in [5.41, 5.74) is 2.90. The Morgan fingerprint density at radius 1 is 1.08 bits per heavy atom. The van der Waals surface area contributed by atoms with E-state index in [0.717, 1.165) is 16.7 Å². The number of nitrogens with zero attached hydrogens (tertiary/aromatic N) is 1. The Morgan fingerprint density at radius 2 is 1.71 bits per heavy atom. The maximum atomic E-state index is 12.8. The number of hydrogen-bond acceptors (Lipinski definition) is 3. The van der Waals surface area contributed by atoms with E-state index in [-0.39, 0.29) is 12.2 Å². The van der Waals surface area contributed by atoms with E-state index in [0.29, 0.717) is 16.8 Å². The van der Waals surface area contributed by atoms with Crippen LogP contribution in [0, 0.1) is 20.8 Å². The van der Waals surface area contributed by atoms with Crippen molar-refractivity contribution in [2.45, 2.75) is 32.8 Å². The number of aliphatic hydroxyl groups is 1. The molecule has 2 aromatic rings. The molecule has 124 valence electrons. The summed E-state index contributed by atoms with van der Waals surface area (Å²) in [6.07, 6.45) is -0.253. The summed E-state index contributed by atoms with van der Waals surface area (Å²) in [5.74, 6) is -0.685. The molecule has 4 nitrogen and oxygen atoms in total. The molecule has 0 bridgehead atoms. The number of ketones is 1. The molecule has 1 N–H and O–H groups in total. The highest BCUT2D eigenvalue weighted by atomic mass is 16.3. The molecule has 1 atom stereocenters. The standard InChI is InChI=1S/C20H21NO3/c1-12-9-14(3)15(10-13(12)2)18(22)11-20(24)16-7-5-6-8-17(16)21(4)19(20)23/h5-10,24H,11H2,1-4H3/t20-/m0/s1. The third-order valence-electron chi connectivity index (χ3n) is 4.93. The lowest BCUT2D eigenvalue weighted by Gasteiger charge is -2.21. The molecule has 0 radical (unpaired) electrons. The molecule has 1 heterocycles. The molecule has 1 aliphatic rings. The maximum Gasteiger partial charge on any atom is 0.263 e. The Kier molecular flexibility index (Phi) is 3.80. The average Bonchev–Trinajstić information content (AvgIpc) is 2.73. The molecule has 2 aromatic carbocycles. The third-order valence-corrected chi connectivity index (χ3v) is 4.93. The molecule has 0 spiro atoms. The lowest BCUT2D eigenvalue weighted by atomic mass is 9.86. The number of carbonyl (C=O) groups excluding carboxylic acids is 2. The lowest BCUT2D eigenvalue weighted by molar-refractivity contribution is -0.135. The van der Waals surface area contributed by atoms with Gasteiger partial charge in [-0.05, 0) is 49.6 Å². The van der Waals surface area contributed by atoms with E-state index in [1.807, 2.05) is 39.0 Å². The summed E-state index contributed by atoms with van der Waals surface area (Å²) in [5, 5.41) is 11.0. The molecule has 3 rings (SSSR count). The number of fused-ring (bicyclic) bond motifs is 1. The molecule has 1 aliphatic heterocycles. The number of aryl methyl sites for hydroxylation is 3. The van der Waals surface area contributed by atoms with Crippen LogP contribution in [0.15, 0.2) is 36.4 Å². The molecule has 0 aliphatic carbocycles. The first-order valence-corrected chi connectivity index (χ1v) is 7.97. The predicted octanol–water partition coefficient (Wildman–Crippen LogP) is 3.05. The Labute approximate surface area is 141 Å². The highest BCUT2D eigenvalue weighted by Gasteiger charge is 2.49. The van der Waals surface area contributed by atoms with Crippen molar-refractivity contribution in [1.29, 1.82) is 0 Å². The highest BCUT2D eigenvalue weighted by Crippen LogP contribution is 2.42. The van der Waals surface area contributed by atoms with Gasteiger partial charge < -0.3 is 10.0 Å². The summed E-state index contributed by atoms with van der Waals surface area (Å²) in [7, 11) is 1.62. The fourth-order valence-corrected chi connectivity index (χ4v) is 3.38. The minimum absolute atomic E-state index is 0.225. The summed E-state index contributed by atoms with van der Waals surface area (Å²) in [6.45, 7) is 5.82. The van der Waals surface area contributed by atoms with Crippen LogP contribution in [0.2, 0.25) is 0 Å². The maximum absolute atomic E-state index is 12.8. The van der Waals surface area contributed by atoms with E-state index in [1.54, 1.807) is 25.2 Å². The first-order valence-electron chi connectivity index (χ1n) is 7.97. The molecule has 0 saturated carbocycles. The van der Waals surface area contributed by atoms with Gasteiger partial charge in [0.05, 0.1) is 12.1 Å². The molecule has 4 heteroatoms. The number of likely N-dealkylation sites (N-methyl/N-ethyl adjacent to an activating group) is 1. The summed E-state index contributed by atoms with van der Waals surface area (Å²) in [6, 6.07) is 10.9. The number of amides is 1. The SMILES string of the molecule is Cc1cc(C)c(C(=O)C[C@@]2(O)C(=O)N(C)c3ccccc32)cc1C. The van der Waals surface area contributed by atoms with Gasteiger partial charge in [0.2, 0.25) is 0 Å². The van der Waals surface area contributed by atoms with Crippen molar-refractivity contribution in [3.63, 3.8) is 0 Å². The van der Waals surface area contributed by atoms with Gasteiger partial charge in [0.25, 0.3) is 5.91 Å². The second kappa shape index (κ2) is 5.56. The zero-order chi connectivity index (χ0) is 17.6. The topological polar surface area (TPSA) is 57.6 Å². The van der Waals surface area contributed by atoms with Gasteiger partial charge in [-0.1, -0.05) is 24.3 Å². The number of benzene rings is 2. The van der Waals surface area contributed by atoms with Crippen LogP contribution in [-0.4, -0.2) is 23.8 Å². The van der Waals surface area contributed by atoms with Gasteiger partial charge in [-0.2, -0.15) is 0 Å². The van der Waals surface area contributed by atoms with E-state index in [2.05, 4.69) is 0 Å². The van der Waals surface area contributed by atoms with Crippen molar-refractivity contribution in [2.75, 3.05) is 11.9 Å². The normalized spacial score (nSPS) is 19.5. The fraction of sp³-hybridized carbons (Fsp3) is 0.300. The van der Waals surface area contributed by atoms with Crippen LogP contribution >= 0.6 is 0 Å². The molecule has 1 amide bonds. The zero-order valence-electron chi connectivity index (χ0n) is 14.4. The van der Waals surface area contributed by atoms with Gasteiger partial charge in [-0.3, -0.25) is 9.59 Å². The molecule has 0 fully saturated rings. The van der Waals surface area contributed by atoms with Crippen molar-refractivity contribution in [3.8, 4) is 0 Å². The van der Waals surface area contributed by atoms with Gasteiger partial charge in [0.15, 0.2) is 11.4 Å². The van der Waals surface area contributed by atoms with Crippen LogP contribution in [0.25, 0.3) is 0 Å². The Hall–Kier alpha value is -2.46. The van der Waals surface area contributed by atoms with Crippen molar-refractivity contribution in [1.82, 2.24) is 0 Å². The second-order valence-electron chi connectivity index (χ2n) is 6.59. The number of rotatable bonds is 3. The Bertz CT molecular complexity index is 856. The van der Waals surface area contributed by atoms with Gasteiger partial charge >= 0.3 is 0 Å². The zero-order valence-corrected chi connectivity index (χ0v) is 14.4. The van der Waals surface area contributed by atoms with Crippen LogP contribution in [0.3, 0.4) is 0 Å². The van der Waals surface area contributed by atoms with Gasteiger partial charge in [0.1, 0.15) is 0 Å². The van der Waals surface area contributed by atoms with E-state index < -0.39 is 11.5 Å². The van der Waals surface area contributed by atoms with E-state index in [4.69, 9.17) is 0 Å². The van der Waals surface area contributed by atoms with Gasteiger partial charge in [0, 0.05) is 18.2 Å². The van der Waals surface area contributed by atoms with Crippen LogP contribution in [0.5, 0.6) is 0 Å². The van der Waals surface area contributed by atoms with Crippen molar-refractivity contribution in [3.05, 3.63) is 64.2 Å². The number of hydrogen-bond donors (Lipinski definition) is 1. The minimum atomic E-state index is -1.80. The fourth-order valence-electron chi connectivity index (χ4n) is 3.38. The Balaban J connectivity index is 2.00. The van der Waals surface area contributed by atoms with E-state index in [1.165, 1.54) is 4.90 Å². The summed E-state index contributed by atoms with van der Waals surface area (Å²) >= 11 is 0. The first kappa shape index (κ1) is 16.4. The van der Waals surface area contributed by atoms with Crippen LogP contribution < -0.4 is 4.90 Å². The van der Waals surface area contributed by atoms with E-state index in [9.17, 15) is 14.7 Å². The van der Waals surface area contributed by atoms with Crippen LogP contribution in [0.4, 0.5) is 5.69 Å². The minimum Gasteiger partial charge on any atom is -0.375 e. The van der Waals surface area contributed by atoms with Gasteiger partial charge in [-0.25, -0.2) is 0 Å². The number of Topliss-reactive ketones (excluding diaryl/α,β-unsaturated/α-hetero) is 1. The molecular weight excluding hydrogens is 302 g/mol. The molecule has 0 saturated heterocycles. The number of para-hydroxylation sites is 1. The van der Waals surface area contributed by atoms with E-state index >= 15 is 0 Å². The van der Waals surface area contributed by atoms with Crippen LogP contribution in [-0.2, 0) is 10.4 Å². The second-order valence-corrected chi connectivity index (χ2v) is 6.59. The van der Waals surface area contributed by atoms with Crippen molar-refractivity contribution >= 4 is 17.4 Å². The largest absolute Gasteiger partial charge is 0.375 e. The number of carbonyl (C=O) groups is 2. The monoisotopic (exact) mass is 323 g/mol. The predicted molar refractivity (Wildman–Crippen MR) is 93.3 cm³/mol. The summed E-state index contributed by atoms with van der Waals surface area (Å²) < 4.78 is 0. The molecule has 0 aromatic heterocycles. The third kappa shape index (κ3) is 2.34. The summed E-state index contributed by atoms with van der Waals surface area (Å²) in [4.78, 5) is 26.8. The lowest BCUT2D eigenvalue weighted by Crippen LogP contribution is -2.40. The molecule has 24 heavy (non-hydrogen) atoms. The van der Waals surface area contributed by atoms with Crippen molar-refractivity contribution < 1.29 is 14.7 Å². The van der Waals surface area contributed by atoms with Crippen molar-refractivity contribution in [2.24, 2.45) is 0 Å². The van der Waals surface area contributed by atoms with Crippen LogP contribution in [0.1, 0.15) is 39.0 Å². The first-order chi connectivity index (χ1) is 11.3.